The maximum absolute atomic E-state index is 11.5. The average Bonchev–Trinajstić information content (AvgIpc) is 3.96. The summed E-state index contributed by atoms with van der Waals surface area (Å²) in [6.07, 6.45) is 1.35. The molecule has 3 aromatic carbocycles. The first-order valence-electron chi connectivity index (χ1n) is 15.8. The normalized spacial score (nSPS) is 13.2. The van der Waals surface area contributed by atoms with E-state index in [0.717, 1.165) is 89.3 Å². The number of fused-ring (bicyclic) bond motifs is 12. The lowest BCUT2D eigenvalue weighted by molar-refractivity contribution is -0.132. The summed E-state index contributed by atoms with van der Waals surface area (Å²) in [5.41, 5.74) is 14.0. The average molecular weight is 692 g/mol. The molecule has 242 valence electrons. The van der Waals surface area contributed by atoms with E-state index in [4.69, 9.17) is 8.75 Å². The molecular weight excluding hydrogens is 667 g/mol. The molecule has 7 heterocycles. The van der Waals surface area contributed by atoms with Crippen LogP contribution in [0.1, 0.15) is 5.69 Å². The SMILES string of the molecule is CN1c2ccccc2Sc2cc(-c3ccc(-c4cc5c([nH]4)c4c6nsnc6c6c7[nH]c(/C=C(/C#N)C(=O)O)cc7n(C)c6c4n5C)[nH]3)ccc21. The second-order valence-corrected chi connectivity index (χ2v) is 14.1. The summed E-state index contributed by atoms with van der Waals surface area (Å²) in [4.78, 5) is 26.9. The van der Waals surface area contributed by atoms with Gasteiger partial charge in [0, 0.05) is 42.3 Å². The smallest absolute Gasteiger partial charge is 0.346 e. The first-order valence-corrected chi connectivity index (χ1v) is 17.3. The van der Waals surface area contributed by atoms with E-state index in [1.54, 1.807) is 17.8 Å². The summed E-state index contributed by atoms with van der Waals surface area (Å²) in [5, 5.41) is 20.6. The van der Waals surface area contributed by atoms with Gasteiger partial charge in [0.25, 0.3) is 0 Å². The molecule has 0 saturated heterocycles. The number of H-pyrrole nitrogens is 3. The minimum absolute atomic E-state index is 0.342. The molecule has 11 nitrogen and oxygen atoms in total. The van der Waals surface area contributed by atoms with E-state index in [-0.39, 0.29) is 5.57 Å². The third-order valence-corrected chi connectivity index (χ3v) is 11.5. The molecule has 0 saturated carbocycles. The highest BCUT2D eigenvalue weighted by Gasteiger charge is 2.26. The van der Waals surface area contributed by atoms with Crippen molar-refractivity contribution in [2.24, 2.45) is 14.1 Å². The van der Waals surface area contributed by atoms with Gasteiger partial charge in [-0.2, -0.15) is 14.0 Å². The number of aromatic nitrogens is 7. The van der Waals surface area contributed by atoms with Crippen LogP contribution in [0.2, 0.25) is 0 Å². The number of anilines is 2. The predicted molar refractivity (Wildman–Crippen MR) is 199 cm³/mol. The van der Waals surface area contributed by atoms with Gasteiger partial charge in [-0.05, 0) is 60.2 Å². The molecule has 0 spiro atoms. The van der Waals surface area contributed by atoms with Crippen LogP contribution in [0.4, 0.5) is 11.4 Å². The third kappa shape index (κ3) is 3.82. The maximum atomic E-state index is 11.5. The first kappa shape index (κ1) is 28.8. The fraction of sp³-hybridized carbons (Fsp3) is 0.0811. The van der Waals surface area contributed by atoms with E-state index in [1.165, 1.54) is 27.2 Å². The molecule has 0 fully saturated rings. The third-order valence-electron chi connectivity index (χ3n) is 9.87. The Hall–Kier alpha value is -6.23. The molecule has 0 amide bonds. The van der Waals surface area contributed by atoms with Crippen LogP contribution >= 0.6 is 23.5 Å². The zero-order valence-corrected chi connectivity index (χ0v) is 28.4. The molecule has 6 aromatic heterocycles. The van der Waals surface area contributed by atoms with Gasteiger partial charge in [0.2, 0.25) is 0 Å². The minimum Gasteiger partial charge on any atom is -0.477 e. The quantitative estimate of drug-likeness (QED) is 0.107. The van der Waals surface area contributed by atoms with Crippen LogP contribution in [-0.4, -0.2) is 51.0 Å². The lowest BCUT2D eigenvalue weighted by atomic mass is 10.1. The number of carbonyl (C=O) groups is 1. The van der Waals surface area contributed by atoms with E-state index in [0.29, 0.717) is 5.69 Å². The van der Waals surface area contributed by atoms with Crippen molar-refractivity contribution in [3.8, 4) is 28.7 Å². The number of aliphatic carboxylic acids is 1. The zero-order chi connectivity index (χ0) is 34.0. The highest BCUT2D eigenvalue weighted by molar-refractivity contribution is 7.99. The Morgan fingerprint density at radius 3 is 2.22 bits per heavy atom. The molecule has 50 heavy (non-hydrogen) atoms. The van der Waals surface area contributed by atoms with Gasteiger partial charge < -0.3 is 34.1 Å². The van der Waals surface area contributed by atoms with E-state index in [1.807, 2.05) is 13.1 Å². The van der Waals surface area contributed by atoms with Crippen molar-refractivity contribution < 1.29 is 9.90 Å². The number of nitriles is 1. The van der Waals surface area contributed by atoms with E-state index >= 15 is 0 Å². The van der Waals surface area contributed by atoms with Gasteiger partial charge in [0.1, 0.15) is 22.7 Å². The Labute approximate surface area is 291 Å². The molecule has 10 rings (SSSR count). The van der Waals surface area contributed by atoms with E-state index in [9.17, 15) is 15.2 Å². The van der Waals surface area contributed by atoms with Crippen LogP contribution in [0.15, 0.2) is 82.1 Å². The van der Waals surface area contributed by atoms with Gasteiger partial charge in [-0.25, -0.2) is 4.79 Å². The molecule has 1 aliphatic heterocycles. The van der Waals surface area contributed by atoms with Crippen molar-refractivity contribution >= 4 is 102 Å². The van der Waals surface area contributed by atoms with Crippen molar-refractivity contribution in [1.82, 2.24) is 32.8 Å². The Bertz CT molecular complexity index is 3010. The number of para-hydroxylation sites is 1. The monoisotopic (exact) mass is 691 g/mol. The highest BCUT2D eigenvalue weighted by atomic mass is 32.2. The summed E-state index contributed by atoms with van der Waals surface area (Å²) >= 11 is 2.96. The van der Waals surface area contributed by atoms with E-state index < -0.39 is 5.97 Å². The Balaban J connectivity index is 1.09. The van der Waals surface area contributed by atoms with Crippen LogP contribution in [0.25, 0.3) is 83.6 Å². The number of rotatable bonds is 4. The van der Waals surface area contributed by atoms with E-state index in [2.05, 4.69) is 104 Å². The minimum atomic E-state index is -1.27. The summed E-state index contributed by atoms with van der Waals surface area (Å²) in [7, 11) is 6.17. The lowest BCUT2D eigenvalue weighted by Gasteiger charge is -2.29. The van der Waals surface area contributed by atoms with Gasteiger partial charge in [-0.3, -0.25) is 0 Å². The highest BCUT2D eigenvalue weighted by Crippen LogP contribution is 2.49. The molecule has 0 bridgehead atoms. The Morgan fingerprint density at radius 1 is 0.800 bits per heavy atom. The molecule has 0 unspecified atom stereocenters. The van der Waals surface area contributed by atoms with Crippen molar-refractivity contribution in [2.75, 3.05) is 11.9 Å². The second kappa shape index (κ2) is 10.1. The second-order valence-electron chi connectivity index (χ2n) is 12.5. The molecule has 13 heteroatoms. The number of nitrogens with one attached hydrogen (secondary N) is 3. The number of hydrogen-bond acceptors (Lipinski definition) is 7. The van der Waals surface area contributed by atoms with Crippen LogP contribution in [-0.2, 0) is 18.9 Å². The number of hydrogen-bond donors (Lipinski definition) is 4. The molecule has 4 N–H and O–H groups in total. The number of benzene rings is 3. The topological polar surface area (TPSA) is 147 Å². The van der Waals surface area contributed by atoms with Crippen molar-refractivity contribution in [3.63, 3.8) is 0 Å². The molecule has 0 radical (unpaired) electrons. The molecular formula is C37H25N9O2S2. The number of nitrogens with zero attached hydrogens (tertiary/aromatic N) is 6. The first-order chi connectivity index (χ1) is 24.3. The van der Waals surface area contributed by atoms with Crippen molar-refractivity contribution in [2.45, 2.75) is 9.79 Å². The van der Waals surface area contributed by atoms with Gasteiger partial charge >= 0.3 is 5.97 Å². The summed E-state index contributed by atoms with van der Waals surface area (Å²) in [5.74, 6) is -1.27. The van der Waals surface area contributed by atoms with Gasteiger partial charge in [0.05, 0.1) is 78.4 Å². The number of carboxylic acid groups (broad SMARTS) is 1. The lowest BCUT2D eigenvalue weighted by Crippen LogP contribution is -2.14. The number of carboxylic acids is 1. The number of aromatic amines is 3. The zero-order valence-electron chi connectivity index (χ0n) is 26.8. The van der Waals surface area contributed by atoms with Crippen molar-refractivity contribution in [3.05, 3.63) is 78.0 Å². The van der Waals surface area contributed by atoms with Gasteiger partial charge in [-0.1, -0.05) is 30.0 Å². The largest absolute Gasteiger partial charge is 0.477 e. The van der Waals surface area contributed by atoms with Gasteiger partial charge in [-0.15, -0.1) is 0 Å². The number of aryl methyl sites for hydroxylation is 2. The van der Waals surface area contributed by atoms with Gasteiger partial charge in [0.15, 0.2) is 0 Å². The predicted octanol–water partition coefficient (Wildman–Crippen LogP) is 8.52. The van der Waals surface area contributed by atoms with Crippen LogP contribution in [0, 0.1) is 11.3 Å². The summed E-state index contributed by atoms with van der Waals surface area (Å²) in [6.45, 7) is 0. The van der Waals surface area contributed by atoms with Crippen LogP contribution < -0.4 is 4.90 Å². The standard InChI is InChI=1S/C37H25N9O2S2/c1-44-23-6-4-5-7-27(23)49-28-13-17(8-11-24(28)44)20-9-10-21(40-20)22-15-26-32(41-22)30-34-33(42-50-43-34)29-31-25(45(2)35(29)36(30)46(26)3)14-19(39-31)12-18(16-38)37(47)48/h4-15,39-41H,1-3H3,(H,47,48)/b18-12-. The van der Waals surface area contributed by atoms with Crippen LogP contribution in [0.3, 0.4) is 0 Å². The fourth-order valence-electron chi connectivity index (χ4n) is 7.51. The molecule has 0 aliphatic carbocycles. The fourth-order valence-corrected chi connectivity index (χ4v) is 9.26. The summed E-state index contributed by atoms with van der Waals surface area (Å²) < 4.78 is 13.8. The van der Waals surface area contributed by atoms with Crippen molar-refractivity contribution in [1.29, 1.82) is 5.26 Å². The molecule has 0 atom stereocenters. The summed E-state index contributed by atoms with van der Waals surface area (Å²) in [6, 6.07) is 25.1. The Kier molecular flexibility index (Phi) is 5.83. The van der Waals surface area contributed by atoms with Crippen LogP contribution in [0.5, 0.6) is 0 Å². The maximum Gasteiger partial charge on any atom is 0.346 e. The Morgan fingerprint density at radius 2 is 1.48 bits per heavy atom. The molecule has 1 aliphatic rings. The molecule has 9 aromatic rings.